The van der Waals surface area contributed by atoms with Crippen LogP contribution in [-0.4, -0.2) is 69.4 Å². The summed E-state index contributed by atoms with van der Waals surface area (Å²) < 4.78 is 30.2. The molecule has 0 aliphatic carbocycles. The lowest BCUT2D eigenvalue weighted by atomic mass is 10.1. The summed E-state index contributed by atoms with van der Waals surface area (Å²) in [6, 6.07) is -0.937. The number of nitrogens with one attached hydrogen (secondary N) is 1. The number of quaternary nitrogens is 1. The lowest BCUT2D eigenvalue weighted by molar-refractivity contribution is -0.870. The Morgan fingerprint density at radius 1 is 0.486 bits per heavy atom. The molecule has 10 heteroatoms. The van der Waals surface area contributed by atoms with Gasteiger partial charge in [0.1, 0.15) is 19.3 Å². The number of hydrogen-bond donors (Lipinski definition) is 1. The van der Waals surface area contributed by atoms with Crippen LogP contribution in [0, 0.1) is 0 Å². The van der Waals surface area contributed by atoms with Gasteiger partial charge in [0.2, 0.25) is 5.91 Å². The first-order valence-electron chi connectivity index (χ1n) is 29.7. The van der Waals surface area contributed by atoms with Gasteiger partial charge in [0.15, 0.2) is 0 Å². The Kier molecular flexibility index (Phi) is 50.7. The van der Waals surface area contributed by atoms with E-state index >= 15 is 0 Å². The van der Waals surface area contributed by atoms with Crippen LogP contribution in [0.5, 0.6) is 0 Å². The molecule has 0 heterocycles. The van der Waals surface area contributed by atoms with E-state index in [0.29, 0.717) is 23.9 Å². The van der Waals surface area contributed by atoms with E-state index in [1.807, 2.05) is 39.4 Å². The highest BCUT2D eigenvalue weighted by atomic mass is 31.2. The average molecular weight is 1050 g/mol. The first-order valence-corrected chi connectivity index (χ1v) is 31.2. The maximum atomic E-state index is 13.4. The van der Waals surface area contributed by atoms with Crippen molar-refractivity contribution in [2.75, 3.05) is 40.9 Å². The van der Waals surface area contributed by atoms with Crippen molar-refractivity contribution in [3.05, 3.63) is 109 Å². The Labute approximate surface area is 455 Å². The van der Waals surface area contributed by atoms with Crippen molar-refractivity contribution in [3.8, 4) is 0 Å². The Bertz CT molecular complexity index is 1640. The van der Waals surface area contributed by atoms with E-state index in [4.69, 9.17) is 13.8 Å². The molecular weight excluding hydrogens is 940 g/mol. The molecule has 0 spiro atoms. The van der Waals surface area contributed by atoms with Gasteiger partial charge < -0.3 is 28.5 Å². The summed E-state index contributed by atoms with van der Waals surface area (Å²) in [6.07, 6.45) is 72.2. The summed E-state index contributed by atoms with van der Waals surface area (Å²) in [6.45, 7) is 6.61. The maximum Gasteiger partial charge on any atom is 0.306 e. The molecule has 0 saturated heterocycles. The van der Waals surface area contributed by atoms with Crippen LogP contribution >= 0.6 is 7.82 Å². The quantitative estimate of drug-likeness (QED) is 0.0212. The Morgan fingerprint density at radius 3 is 1.35 bits per heavy atom. The van der Waals surface area contributed by atoms with Gasteiger partial charge in [0.05, 0.1) is 33.8 Å². The number of ether oxygens (including phenoxy) is 1. The first-order chi connectivity index (χ1) is 35.9. The lowest BCUT2D eigenvalue weighted by Crippen LogP contribution is -2.47. The van der Waals surface area contributed by atoms with Gasteiger partial charge in [-0.15, -0.1) is 0 Å². The Morgan fingerprint density at radius 2 is 0.878 bits per heavy atom. The molecule has 0 aromatic rings. The second kappa shape index (κ2) is 53.1. The number of amides is 1. The van der Waals surface area contributed by atoms with Crippen molar-refractivity contribution in [2.24, 2.45) is 0 Å². The molecular formula is C64H111N2O7P. The minimum absolute atomic E-state index is 0.0422. The van der Waals surface area contributed by atoms with Crippen LogP contribution in [-0.2, 0) is 27.9 Å². The van der Waals surface area contributed by atoms with E-state index in [9.17, 15) is 19.0 Å². The van der Waals surface area contributed by atoms with Gasteiger partial charge in [0.25, 0.3) is 7.82 Å². The van der Waals surface area contributed by atoms with Crippen LogP contribution in [0.2, 0.25) is 0 Å². The maximum absolute atomic E-state index is 13.4. The third kappa shape index (κ3) is 53.5. The molecule has 0 aliphatic heterocycles. The number of hydrogen-bond acceptors (Lipinski definition) is 7. The number of allylic oxidation sites excluding steroid dienone is 17. The molecule has 74 heavy (non-hydrogen) atoms. The fourth-order valence-corrected chi connectivity index (χ4v) is 8.59. The molecule has 0 radical (unpaired) electrons. The fourth-order valence-electron chi connectivity index (χ4n) is 7.87. The third-order valence-electron chi connectivity index (χ3n) is 12.5. The number of rotatable bonds is 52. The summed E-state index contributed by atoms with van der Waals surface area (Å²) in [5.74, 6) is -0.654. The van der Waals surface area contributed by atoms with Gasteiger partial charge in [-0.3, -0.25) is 14.2 Å². The van der Waals surface area contributed by atoms with Gasteiger partial charge in [-0.1, -0.05) is 227 Å². The number of unbranched alkanes of at least 4 members (excludes halogenated alkanes) is 20. The largest absolute Gasteiger partial charge is 0.756 e. The second-order valence-corrected chi connectivity index (χ2v) is 22.2. The summed E-state index contributed by atoms with van der Waals surface area (Å²) in [7, 11) is 1.12. The predicted octanol–water partition coefficient (Wildman–Crippen LogP) is 17.5. The van der Waals surface area contributed by atoms with E-state index in [0.717, 1.165) is 89.9 Å². The Hall–Kier alpha value is -3.33. The third-order valence-corrected chi connectivity index (χ3v) is 13.4. The highest BCUT2D eigenvalue weighted by Gasteiger charge is 2.27. The Balaban J connectivity index is 5.36. The number of carbonyl (C=O) groups is 2. The molecule has 1 amide bonds. The summed E-state index contributed by atoms with van der Waals surface area (Å²) in [4.78, 5) is 39.8. The lowest BCUT2D eigenvalue weighted by Gasteiger charge is -2.30. The van der Waals surface area contributed by atoms with Crippen LogP contribution in [0.4, 0.5) is 0 Å². The molecule has 0 aromatic carbocycles. The van der Waals surface area contributed by atoms with Gasteiger partial charge in [-0.05, 0) is 102 Å². The monoisotopic (exact) mass is 1050 g/mol. The molecule has 0 fully saturated rings. The van der Waals surface area contributed by atoms with Gasteiger partial charge in [-0.25, -0.2) is 0 Å². The molecule has 424 valence electrons. The summed E-state index contributed by atoms with van der Waals surface area (Å²) in [5, 5.41) is 2.97. The minimum Gasteiger partial charge on any atom is -0.756 e. The number of esters is 1. The molecule has 0 aromatic heterocycles. The summed E-state index contributed by atoms with van der Waals surface area (Å²) in [5.41, 5.74) is 0. The van der Waals surface area contributed by atoms with Crippen molar-refractivity contribution in [1.82, 2.24) is 5.32 Å². The smallest absolute Gasteiger partial charge is 0.306 e. The van der Waals surface area contributed by atoms with Crippen LogP contribution < -0.4 is 10.2 Å². The van der Waals surface area contributed by atoms with E-state index in [-0.39, 0.29) is 31.3 Å². The number of carbonyl (C=O) groups excluding carboxylic acids is 2. The number of phosphoric ester groups is 1. The molecule has 0 saturated carbocycles. The van der Waals surface area contributed by atoms with E-state index in [1.54, 1.807) is 6.08 Å². The molecule has 0 bridgehead atoms. The molecule has 3 unspecified atom stereocenters. The number of nitrogens with zero attached hydrogens (tertiary/aromatic N) is 1. The normalized spacial score (nSPS) is 14.5. The van der Waals surface area contributed by atoms with Crippen molar-refractivity contribution >= 4 is 19.7 Å². The van der Waals surface area contributed by atoms with Crippen molar-refractivity contribution in [1.29, 1.82) is 0 Å². The van der Waals surface area contributed by atoms with Crippen LogP contribution in [0.15, 0.2) is 109 Å². The SMILES string of the molecule is CC/C=C/C/C=C/C/C=C/C/C=C/C/C=C/CCC(=O)NC(COP(=O)([O-])OCC[N+](C)(C)C)C(/C=C/CCCCCCCCCCC)OC(=O)CCCCCCCCCC/C=C\C/C=C\C/C=C\CCCCC. The topological polar surface area (TPSA) is 114 Å². The van der Waals surface area contributed by atoms with E-state index < -0.39 is 26.6 Å². The zero-order valence-corrected chi connectivity index (χ0v) is 49.1. The van der Waals surface area contributed by atoms with Gasteiger partial charge in [0, 0.05) is 12.8 Å². The minimum atomic E-state index is -4.72. The van der Waals surface area contributed by atoms with Gasteiger partial charge in [-0.2, -0.15) is 0 Å². The molecule has 3 atom stereocenters. The van der Waals surface area contributed by atoms with Crippen LogP contribution in [0.25, 0.3) is 0 Å². The van der Waals surface area contributed by atoms with Crippen LogP contribution in [0.3, 0.4) is 0 Å². The molecule has 9 nitrogen and oxygen atoms in total. The standard InChI is InChI=1S/C64H111N2O7P/c1-7-10-13-16-19-22-25-27-29-31-32-33-34-35-37-39-42-45-48-51-54-57-64(68)73-62(55-52-49-46-43-40-24-21-18-15-12-9-3)61(60-72-74(69,70)71-59-58-66(4,5)6)65-63(67)56-53-50-47-44-41-38-36-30-28-26-23-20-17-14-11-8-2/h11,14,19-20,22-23,27-30,32-33,38,41,47,50,52,55,61-62H,7-10,12-13,15-18,21,24-26,31,34-37,39-40,42-46,48-49,51,53-54,56-60H2,1-6H3,(H-,65,67,69,70)/b14-11+,22-19-,23-20+,29-27-,30-28+,33-32-,41-38+,50-47+,55-52+. The first kappa shape index (κ1) is 70.7. The van der Waals surface area contributed by atoms with Crippen LogP contribution in [0.1, 0.15) is 233 Å². The van der Waals surface area contributed by atoms with E-state index in [1.165, 1.54) is 96.3 Å². The van der Waals surface area contributed by atoms with Gasteiger partial charge >= 0.3 is 5.97 Å². The molecule has 1 N–H and O–H groups in total. The van der Waals surface area contributed by atoms with Crippen molar-refractivity contribution in [2.45, 2.75) is 245 Å². The van der Waals surface area contributed by atoms with E-state index in [2.05, 4.69) is 111 Å². The molecule has 0 aliphatic rings. The van der Waals surface area contributed by atoms with Crippen molar-refractivity contribution in [3.63, 3.8) is 0 Å². The van der Waals surface area contributed by atoms with Crippen molar-refractivity contribution < 1.29 is 37.3 Å². The zero-order valence-electron chi connectivity index (χ0n) is 48.3. The average Bonchev–Trinajstić information content (AvgIpc) is 3.36. The number of likely N-dealkylation sites (N-methyl/N-ethyl adjacent to an activating group) is 1. The zero-order chi connectivity index (χ0) is 54.3. The predicted molar refractivity (Wildman–Crippen MR) is 316 cm³/mol. The summed E-state index contributed by atoms with van der Waals surface area (Å²) >= 11 is 0. The highest BCUT2D eigenvalue weighted by Crippen LogP contribution is 2.38. The second-order valence-electron chi connectivity index (χ2n) is 20.8. The fraction of sp³-hybridized carbons (Fsp3) is 0.688. The highest BCUT2D eigenvalue weighted by molar-refractivity contribution is 7.45. The number of phosphoric acid groups is 1. The molecule has 0 rings (SSSR count).